The molecule has 42 heavy (non-hydrogen) atoms. The number of aromatic nitrogens is 2. The number of nitro groups is 3. The fraction of sp³-hybridized carbons (Fsp3) is 0.0690. The Bertz CT molecular complexity index is 1660. The van der Waals surface area contributed by atoms with Gasteiger partial charge in [0.1, 0.15) is 0 Å². The number of aromatic amines is 1. The lowest BCUT2D eigenvalue weighted by Crippen LogP contribution is -2.13. The van der Waals surface area contributed by atoms with Gasteiger partial charge in [-0.25, -0.2) is 0 Å². The maximum Gasteiger partial charge on any atom is 0.324 e. The number of H-pyrrole nitrogens is 1. The molecule has 2 unspecified atom stereocenters. The van der Waals surface area contributed by atoms with E-state index in [1.165, 1.54) is 0 Å². The van der Waals surface area contributed by atoms with Crippen molar-refractivity contribution in [1.82, 2.24) is 10.2 Å². The number of aliphatic hydroxyl groups is 1. The number of nitrogens with one attached hydrogen (secondary N) is 1. The second-order valence-corrected chi connectivity index (χ2v) is 8.92. The molecule has 13 nitrogen and oxygen atoms in total. The van der Waals surface area contributed by atoms with E-state index in [-0.39, 0.29) is 5.92 Å². The number of rotatable bonds is 8. The van der Waals surface area contributed by atoms with Gasteiger partial charge in [-0.2, -0.15) is 5.10 Å². The number of nitrogens with zero attached hydrogens (tertiary/aromatic N) is 4. The summed E-state index contributed by atoms with van der Waals surface area (Å²) in [6, 6.07) is 32.8. The van der Waals surface area contributed by atoms with Gasteiger partial charge < -0.3 is 10.2 Å². The van der Waals surface area contributed by atoms with E-state index in [0.717, 1.165) is 28.1 Å². The second-order valence-electron chi connectivity index (χ2n) is 8.92. The van der Waals surface area contributed by atoms with Crippen LogP contribution in [0.4, 0.5) is 17.1 Å². The molecule has 0 radical (unpaired) electrons. The lowest BCUT2D eigenvalue weighted by atomic mass is 9.86. The third kappa shape index (κ3) is 6.60. The summed E-state index contributed by atoms with van der Waals surface area (Å²) in [6.45, 7) is 0. The molecule has 0 amide bonds. The minimum Gasteiger partial charge on any atom is -0.497 e. The van der Waals surface area contributed by atoms with E-state index >= 15 is 0 Å². The average molecular weight is 570 g/mol. The van der Waals surface area contributed by atoms with Crippen LogP contribution in [0.2, 0.25) is 0 Å². The van der Waals surface area contributed by atoms with Gasteiger partial charge in [-0.05, 0) is 17.2 Å². The number of hydrogen-bond acceptors (Lipinski definition) is 9. The van der Waals surface area contributed by atoms with Crippen molar-refractivity contribution in [3.63, 3.8) is 0 Å². The molecule has 0 bridgehead atoms. The van der Waals surface area contributed by atoms with E-state index < -0.39 is 43.7 Å². The molecule has 0 spiro atoms. The van der Waals surface area contributed by atoms with E-state index in [1.807, 2.05) is 97.1 Å². The number of aliphatic hydroxyl groups excluding tert-OH is 1. The van der Waals surface area contributed by atoms with Crippen LogP contribution in [0.3, 0.4) is 0 Å². The lowest BCUT2D eigenvalue weighted by molar-refractivity contribution is -0.404. The van der Waals surface area contributed by atoms with Crippen molar-refractivity contribution >= 4 is 17.1 Å². The molecule has 212 valence electrons. The zero-order valence-electron chi connectivity index (χ0n) is 21.7. The smallest absolute Gasteiger partial charge is 0.324 e. The summed E-state index contributed by atoms with van der Waals surface area (Å²) < 4.78 is 0. The molecule has 0 fully saturated rings. The fourth-order valence-electron chi connectivity index (χ4n) is 4.26. The molecule has 0 aliphatic rings. The maximum atomic E-state index is 11.1. The summed E-state index contributed by atoms with van der Waals surface area (Å²) in [5.41, 5.74) is 1.76. The second kappa shape index (κ2) is 12.9. The van der Waals surface area contributed by atoms with E-state index in [1.54, 1.807) is 0 Å². The largest absolute Gasteiger partial charge is 0.497 e. The standard InChI is InChI=1S/C23H20N2O.C6H3N3O7/c26-23(19-14-8-3-9-15-19)22(18-12-6-2-7-13-18)21-16-20(24-25-21)17-10-4-1-5-11-17;10-6-4(8(13)14)1-3(7(11)12)2-5(6)9(15)16/h1-16,22-23,26H,(H,24,25);1-2,10H. The molecule has 1 aromatic heterocycles. The van der Waals surface area contributed by atoms with Gasteiger partial charge in [-0.1, -0.05) is 91.0 Å². The molecular formula is C29H23N5O8. The van der Waals surface area contributed by atoms with Crippen molar-refractivity contribution in [3.05, 3.63) is 156 Å². The number of nitro benzene ring substituents is 3. The van der Waals surface area contributed by atoms with E-state index in [2.05, 4.69) is 10.2 Å². The molecular weight excluding hydrogens is 546 g/mol. The molecule has 0 saturated carbocycles. The summed E-state index contributed by atoms with van der Waals surface area (Å²) in [7, 11) is 0. The summed E-state index contributed by atoms with van der Waals surface area (Å²) in [6.07, 6.45) is -0.664. The fourth-order valence-corrected chi connectivity index (χ4v) is 4.26. The Hall–Kier alpha value is -5.95. The number of phenolic OH excluding ortho intramolecular Hbond substituents is 1. The number of phenols is 1. The number of non-ortho nitro benzene ring substituents is 1. The van der Waals surface area contributed by atoms with Crippen LogP contribution in [0, 0.1) is 30.3 Å². The molecule has 5 rings (SSSR count). The van der Waals surface area contributed by atoms with Gasteiger partial charge in [0.15, 0.2) is 0 Å². The first-order chi connectivity index (χ1) is 20.2. The number of hydrogen-bond donors (Lipinski definition) is 3. The quantitative estimate of drug-likeness (QED) is 0.147. The van der Waals surface area contributed by atoms with Gasteiger partial charge in [-0.15, -0.1) is 0 Å². The molecule has 0 aliphatic carbocycles. The van der Waals surface area contributed by atoms with E-state index in [4.69, 9.17) is 5.11 Å². The van der Waals surface area contributed by atoms with Gasteiger partial charge in [0, 0.05) is 11.3 Å². The topological polar surface area (TPSA) is 199 Å². The zero-order chi connectivity index (χ0) is 30.2. The Morgan fingerprint density at radius 2 is 1.14 bits per heavy atom. The first-order valence-corrected chi connectivity index (χ1v) is 12.4. The van der Waals surface area contributed by atoms with Crippen molar-refractivity contribution in [3.8, 4) is 17.0 Å². The molecule has 5 aromatic rings. The van der Waals surface area contributed by atoms with Gasteiger partial charge in [0.25, 0.3) is 11.4 Å². The van der Waals surface area contributed by atoms with Crippen molar-refractivity contribution in [2.75, 3.05) is 0 Å². The highest BCUT2D eigenvalue weighted by Crippen LogP contribution is 2.39. The summed E-state index contributed by atoms with van der Waals surface area (Å²) in [5.74, 6) is -1.43. The Morgan fingerprint density at radius 3 is 1.62 bits per heavy atom. The average Bonchev–Trinajstić information content (AvgIpc) is 3.48. The maximum absolute atomic E-state index is 11.1. The summed E-state index contributed by atoms with van der Waals surface area (Å²) in [4.78, 5) is 27.8. The molecule has 1 heterocycles. The predicted octanol–water partition coefficient (Wildman–Crippen LogP) is 6.06. The highest BCUT2D eigenvalue weighted by molar-refractivity contribution is 5.64. The minimum absolute atomic E-state index is 0.219. The minimum atomic E-state index is -1.21. The molecule has 3 N–H and O–H groups in total. The third-order valence-corrected chi connectivity index (χ3v) is 6.28. The van der Waals surface area contributed by atoms with Crippen molar-refractivity contribution < 1.29 is 25.0 Å². The van der Waals surface area contributed by atoms with Crippen LogP contribution < -0.4 is 0 Å². The molecule has 13 heteroatoms. The van der Waals surface area contributed by atoms with E-state index in [0.29, 0.717) is 12.1 Å². The van der Waals surface area contributed by atoms with Crippen molar-refractivity contribution in [1.29, 1.82) is 0 Å². The van der Waals surface area contributed by atoms with Crippen LogP contribution in [0.25, 0.3) is 11.3 Å². The first-order valence-electron chi connectivity index (χ1n) is 12.4. The normalized spacial score (nSPS) is 11.9. The van der Waals surface area contributed by atoms with Crippen LogP contribution in [0.1, 0.15) is 28.8 Å². The van der Waals surface area contributed by atoms with Gasteiger partial charge in [0.05, 0.1) is 44.6 Å². The predicted molar refractivity (Wildman–Crippen MR) is 152 cm³/mol. The van der Waals surface area contributed by atoms with Crippen molar-refractivity contribution in [2.24, 2.45) is 0 Å². The number of aromatic hydroxyl groups is 1. The van der Waals surface area contributed by atoms with Crippen LogP contribution in [0.5, 0.6) is 5.75 Å². The highest BCUT2D eigenvalue weighted by atomic mass is 16.6. The van der Waals surface area contributed by atoms with Gasteiger partial charge in [-0.3, -0.25) is 35.4 Å². The van der Waals surface area contributed by atoms with Crippen molar-refractivity contribution in [2.45, 2.75) is 12.0 Å². The van der Waals surface area contributed by atoms with Gasteiger partial charge in [0.2, 0.25) is 0 Å². The summed E-state index contributed by atoms with van der Waals surface area (Å²) in [5, 5.41) is 58.9. The molecule has 2 atom stereocenters. The van der Waals surface area contributed by atoms with E-state index in [9.17, 15) is 35.4 Å². The zero-order valence-corrected chi connectivity index (χ0v) is 21.7. The van der Waals surface area contributed by atoms with Crippen LogP contribution in [-0.2, 0) is 0 Å². The molecule has 4 aromatic carbocycles. The Labute approximate surface area is 237 Å². The first kappa shape index (κ1) is 29.0. The highest BCUT2D eigenvalue weighted by Gasteiger charge is 2.30. The Kier molecular flexibility index (Phi) is 8.94. The Morgan fingerprint density at radius 1 is 0.667 bits per heavy atom. The van der Waals surface area contributed by atoms with Crippen LogP contribution >= 0.6 is 0 Å². The number of benzene rings is 4. The van der Waals surface area contributed by atoms with Crippen LogP contribution in [-0.4, -0.2) is 35.2 Å². The molecule has 0 saturated heterocycles. The monoisotopic (exact) mass is 569 g/mol. The van der Waals surface area contributed by atoms with Crippen LogP contribution in [0.15, 0.2) is 109 Å². The molecule has 0 aliphatic heterocycles. The lowest BCUT2D eigenvalue weighted by Gasteiger charge is -2.22. The summed E-state index contributed by atoms with van der Waals surface area (Å²) >= 11 is 0. The SMILES string of the molecule is O=[N+]([O-])c1cc([N+](=O)[O-])c(O)c([N+](=O)[O-])c1.OC(c1ccccc1)C(c1ccccc1)c1cc(-c2ccccc2)n[nH]1. The third-order valence-electron chi connectivity index (χ3n) is 6.28. The van der Waals surface area contributed by atoms with Gasteiger partial charge >= 0.3 is 11.4 Å². The Balaban J connectivity index is 0.000000219.